The quantitative estimate of drug-likeness (QED) is 0.309. The van der Waals surface area contributed by atoms with E-state index in [1.54, 1.807) is 0 Å². The van der Waals surface area contributed by atoms with Gasteiger partial charge in [0, 0.05) is 0 Å². The second-order valence-electron chi connectivity index (χ2n) is 4.88. The second-order valence-corrected chi connectivity index (χ2v) is 7.72. The minimum absolute atomic E-state index is 0. The minimum Gasteiger partial charge on any atom is -0.872 e. The zero-order valence-corrected chi connectivity index (χ0v) is 16.3. The molecule has 0 atom stereocenters. The number of hydrogen-bond donors (Lipinski definition) is 4. The van der Waals surface area contributed by atoms with Crippen LogP contribution in [0.5, 0.6) is 11.5 Å². The number of aromatic carboxylic acids is 2. The molecule has 0 aliphatic heterocycles. The molecule has 4 N–H and O–H groups in total. The summed E-state index contributed by atoms with van der Waals surface area (Å²) in [5, 5.41) is 38.8. The Bertz CT molecular complexity index is 1050. The topological polar surface area (TPSA) is 229 Å². The Hall–Kier alpha value is -2.71. The van der Waals surface area contributed by atoms with Crippen molar-refractivity contribution in [1.82, 2.24) is 0 Å². The van der Waals surface area contributed by atoms with Crippen molar-refractivity contribution < 1.29 is 72.4 Å². The molecule has 15 heteroatoms. The summed E-state index contributed by atoms with van der Waals surface area (Å²) >= 11 is 0. The summed E-state index contributed by atoms with van der Waals surface area (Å²) < 4.78 is 59.2. The first kappa shape index (κ1) is 26.3. The van der Waals surface area contributed by atoms with Gasteiger partial charge in [-0.3, -0.25) is 9.11 Å². The summed E-state index contributed by atoms with van der Waals surface area (Å²) in [6.07, 6.45) is 0. The largest absolute Gasteiger partial charge is 2.00 e. The van der Waals surface area contributed by atoms with Crippen LogP contribution in [0, 0.1) is 0 Å². The first-order chi connectivity index (χ1) is 12.6. The summed E-state index contributed by atoms with van der Waals surface area (Å²) in [5.74, 6) is -4.82. The van der Waals surface area contributed by atoms with Gasteiger partial charge in [0.15, 0.2) is 0 Å². The van der Waals surface area contributed by atoms with Crippen molar-refractivity contribution in [2.75, 3.05) is 0 Å². The molecule has 29 heavy (non-hydrogen) atoms. The molecular formula is C14H10NiO12S2. The van der Waals surface area contributed by atoms with Crippen LogP contribution in [0.2, 0.25) is 0 Å². The molecule has 160 valence electrons. The Morgan fingerprint density at radius 3 is 1.14 bits per heavy atom. The first-order valence-corrected chi connectivity index (χ1v) is 9.56. The fourth-order valence-corrected chi connectivity index (χ4v) is 2.67. The molecule has 0 saturated heterocycles. The Labute approximate surface area is 173 Å². The maximum Gasteiger partial charge on any atom is 2.00 e. The fraction of sp³-hybridized carbons (Fsp3) is 0. The van der Waals surface area contributed by atoms with Crippen LogP contribution in [-0.2, 0) is 36.7 Å². The summed E-state index contributed by atoms with van der Waals surface area (Å²) in [6, 6.07) is 4.46. The zero-order valence-electron chi connectivity index (χ0n) is 13.7. The first-order valence-electron chi connectivity index (χ1n) is 6.68. The average molecular weight is 493 g/mol. The van der Waals surface area contributed by atoms with Crippen LogP contribution < -0.4 is 10.2 Å². The Morgan fingerprint density at radius 1 is 0.690 bits per heavy atom. The molecule has 0 bridgehead atoms. The van der Waals surface area contributed by atoms with E-state index in [-0.39, 0.29) is 16.5 Å². The van der Waals surface area contributed by atoms with E-state index in [0.29, 0.717) is 12.1 Å². The van der Waals surface area contributed by atoms with Crippen LogP contribution in [0.3, 0.4) is 0 Å². The molecule has 0 heterocycles. The average Bonchev–Trinajstić information content (AvgIpc) is 2.52. The molecule has 2 rings (SSSR count). The third-order valence-corrected chi connectivity index (χ3v) is 4.66. The molecular weight excluding hydrogens is 483 g/mol. The molecule has 0 aliphatic rings. The van der Waals surface area contributed by atoms with E-state index >= 15 is 0 Å². The summed E-state index contributed by atoms with van der Waals surface area (Å²) in [5.41, 5.74) is -1.09. The predicted molar refractivity (Wildman–Crippen MR) is 85.3 cm³/mol. The number of carboxylic acid groups (broad SMARTS) is 2. The van der Waals surface area contributed by atoms with Gasteiger partial charge in [-0.1, -0.05) is 11.5 Å². The van der Waals surface area contributed by atoms with Gasteiger partial charge in [0.1, 0.15) is 0 Å². The number of hydrogen-bond acceptors (Lipinski definition) is 8. The molecule has 0 fully saturated rings. The summed E-state index contributed by atoms with van der Waals surface area (Å²) in [4.78, 5) is 19.5. The standard InChI is InChI=1S/2C7H6O6S.Ni/c2*8-6-3-4(14(11,12)13)1-2-5(6)7(9)10;/h2*1-3,8H,(H,9,10)(H,11,12,13);/q;;+2/p-2. The molecule has 0 amide bonds. The monoisotopic (exact) mass is 492 g/mol. The van der Waals surface area contributed by atoms with Crippen molar-refractivity contribution in [2.24, 2.45) is 0 Å². The van der Waals surface area contributed by atoms with Gasteiger partial charge in [0.05, 0.1) is 20.9 Å². The van der Waals surface area contributed by atoms with Crippen LogP contribution in [-0.4, -0.2) is 48.1 Å². The van der Waals surface area contributed by atoms with E-state index in [2.05, 4.69) is 0 Å². The van der Waals surface area contributed by atoms with Gasteiger partial charge in [0.25, 0.3) is 20.2 Å². The predicted octanol–water partition coefficient (Wildman–Crippen LogP) is -0.592. The molecule has 0 unspecified atom stereocenters. The van der Waals surface area contributed by atoms with Crippen LogP contribution in [0.4, 0.5) is 0 Å². The van der Waals surface area contributed by atoms with E-state index < -0.39 is 64.6 Å². The Kier molecular flexibility index (Phi) is 8.77. The van der Waals surface area contributed by atoms with Gasteiger partial charge in [-0.25, -0.2) is 9.59 Å². The maximum absolute atomic E-state index is 11.0. The maximum atomic E-state index is 11.0. The van der Waals surface area contributed by atoms with Crippen molar-refractivity contribution in [2.45, 2.75) is 9.79 Å². The van der Waals surface area contributed by atoms with Gasteiger partial charge in [0.2, 0.25) is 0 Å². The normalized spacial score (nSPS) is 10.8. The van der Waals surface area contributed by atoms with E-state index in [0.717, 1.165) is 24.3 Å². The van der Waals surface area contributed by atoms with Crippen LogP contribution in [0.15, 0.2) is 46.2 Å². The van der Waals surface area contributed by atoms with Gasteiger partial charge in [-0.15, -0.1) is 0 Å². The molecule has 0 aliphatic carbocycles. The van der Waals surface area contributed by atoms with E-state index in [9.17, 15) is 36.6 Å². The summed E-state index contributed by atoms with van der Waals surface area (Å²) in [7, 11) is -8.92. The van der Waals surface area contributed by atoms with Crippen molar-refractivity contribution in [3.05, 3.63) is 47.5 Å². The SMILES string of the molecule is O=C(O)c1ccc(S(=O)(=O)O)cc1[O-].O=C(O)c1ccc(S(=O)(=O)O)cc1[O-].[Ni+2]. The number of benzene rings is 2. The van der Waals surface area contributed by atoms with Crippen LogP contribution in [0.1, 0.15) is 20.7 Å². The molecule has 2 aromatic carbocycles. The van der Waals surface area contributed by atoms with Gasteiger partial charge in [-0.2, -0.15) is 16.8 Å². The van der Waals surface area contributed by atoms with Crippen molar-refractivity contribution in [3.63, 3.8) is 0 Å². The minimum atomic E-state index is -4.46. The van der Waals surface area contributed by atoms with E-state index in [1.807, 2.05) is 0 Å². The third-order valence-electron chi connectivity index (χ3n) is 2.96. The fourth-order valence-electron chi connectivity index (χ4n) is 1.68. The smallest absolute Gasteiger partial charge is 0.872 e. The third kappa shape index (κ3) is 7.32. The number of rotatable bonds is 4. The Balaban J connectivity index is 0.000000523. The number of carbonyl (C=O) groups is 2. The van der Waals surface area contributed by atoms with E-state index in [1.165, 1.54) is 0 Å². The van der Waals surface area contributed by atoms with E-state index in [4.69, 9.17) is 19.3 Å². The Morgan fingerprint density at radius 2 is 0.966 bits per heavy atom. The van der Waals surface area contributed by atoms with Crippen molar-refractivity contribution in [3.8, 4) is 11.5 Å². The van der Waals surface area contributed by atoms with Gasteiger partial charge in [-0.05, 0) is 36.4 Å². The van der Waals surface area contributed by atoms with Crippen LogP contribution in [0.25, 0.3) is 0 Å². The summed E-state index contributed by atoms with van der Waals surface area (Å²) in [6.45, 7) is 0. The van der Waals surface area contributed by atoms with Crippen molar-refractivity contribution in [1.29, 1.82) is 0 Å². The zero-order chi connectivity index (χ0) is 21.9. The molecule has 0 aromatic heterocycles. The van der Waals surface area contributed by atoms with Crippen molar-refractivity contribution >= 4 is 32.2 Å². The molecule has 12 nitrogen and oxygen atoms in total. The molecule has 0 spiro atoms. The molecule has 0 saturated carbocycles. The number of carboxylic acids is 2. The molecule has 0 radical (unpaired) electrons. The van der Waals surface area contributed by atoms with Gasteiger partial charge < -0.3 is 20.4 Å². The van der Waals surface area contributed by atoms with Crippen LogP contribution >= 0.6 is 0 Å². The molecule has 2 aromatic rings. The second kappa shape index (κ2) is 9.67. The van der Waals surface area contributed by atoms with Gasteiger partial charge >= 0.3 is 28.4 Å².